The molecule has 2 rings (SSSR count). The number of terminal acetylenes is 1. The molecule has 0 saturated heterocycles. The number of rotatable bonds is 9. The summed E-state index contributed by atoms with van der Waals surface area (Å²) in [6, 6.07) is 4.47. The van der Waals surface area contributed by atoms with Gasteiger partial charge >= 0.3 is 6.18 Å². The molecule has 5 nitrogen and oxygen atoms in total. The maximum absolute atomic E-state index is 12.7. The first-order chi connectivity index (χ1) is 15.5. The lowest BCUT2D eigenvalue weighted by atomic mass is 9.89. The summed E-state index contributed by atoms with van der Waals surface area (Å²) in [5.41, 5.74) is 5.02. The number of hydrogen-bond donors (Lipinski definition) is 3. The van der Waals surface area contributed by atoms with Gasteiger partial charge in [0.1, 0.15) is 12.4 Å². The summed E-state index contributed by atoms with van der Waals surface area (Å²) in [6.45, 7) is 8.59. The van der Waals surface area contributed by atoms with E-state index in [0.29, 0.717) is 11.1 Å². The summed E-state index contributed by atoms with van der Waals surface area (Å²) in [5.74, 6) is 0.747. The van der Waals surface area contributed by atoms with E-state index < -0.39 is 28.7 Å². The minimum Gasteiger partial charge on any atom is -0.510 e. The van der Waals surface area contributed by atoms with Gasteiger partial charge in [-0.05, 0) is 82.2 Å². The molecule has 8 heteroatoms. The van der Waals surface area contributed by atoms with Crippen LogP contribution in [0.3, 0.4) is 0 Å². The van der Waals surface area contributed by atoms with Crippen molar-refractivity contribution in [3.63, 3.8) is 0 Å². The lowest BCUT2D eigenvalue weighted by Crippen LogP contribution is -2.52. The highest BCUT2D eigenvalue weighted by Crippen LogP contribution is 2.42. The number of benzene rings is 1. The van der Waals surface area contributed by atoms with Gasteiger partial charge in [0, 0.05) is 11.3 Å². The normalized spacial score (nSPS) is 20.1. The summed E-state index contributed by atoms with van der Waals surface area (Å²) < 4.78 is 49.9. The molecular formula is C26H30F3NO4. The summed E-state index contributed by atoms with van der Waals surface area (Å²) in [4.78, 5) is 0. The van der Waals surface area contributed by atoms with Crippen molar-refractivity contribution >= 4 is 6.08 Å². The highest BCUT2D eigenvalue weighted by Gasteiger charge is 2.50. The molecule has 0 spiro atoms. The topological polar surface area (TPSA) is 84.9 Å². The van der Waals surface area contributed by atoms with Gasteiger partial charge in [-0.3, -0.25) is 0 Å². The smallest absolute Gasteiger partial charge is 0.416 e. The van der Waals surface area contributed by atoms with E-state index in [2.05, 4.69) is 5.92 Å². The molecule has 0 saturated carbocycles. The molecule has 0 aromatic heterocycles. The van der Waals surface area contributed by atoms with Crippen LogP contribution in [-0.4, -0.2) is 33.8 Å². The minimum absolute atomic E-state index is 0.143. The maximum Gasteiger partial charge on any atom is 0.416 e. The van der Waals surface area contributed by atoms with Gasteiger partial charge in [-0.25, -0.2) is 0 Å². The Kier molecular flexibility index (Phi) is 7.78. The highest BCUT2D eigenvalue weighted by molar-refractivity contribution is 5.60. The molecule has 4 N–H and O–H groups in total. The predicted molar refractivity (Wildman–Crippen MR) is 125 cm³/mol. The van der Waals surface area contributed by atoms with Crippen molar-refractivity contribution in [2.24, 2.45) is 5.73 Å². The molecule has 0 fully saturated rings. The van der Waals surface area contributed by atoms with Crippen LogP contribution in [0.4, 0.5) is 13.2 Å². The van der Waals surface area contributed by atoms with Crippen LogP contribution in [0.15, 0.2) is 65.1 Å². The van der Waals surface area contributed by atoms with Gasteiger partial charge < -0.3 is 25.4 Å². The third kappa shape index (κ3) is 6.76. The van der Waals surface area contributed by atoms with Gasteiger partial charge in [-0.2, -0.15) is 13.2 Å². The van der Waals surface area contributed by atoms with Gasteiger partial charge in [0.25, 0.3) is 0 Å². The van der Waals surface area contributed by atoms with Crippen molar-refractivity contribution in [1.29, 1.82) is 0 Å². The second-order valence-electron chi connectivity index (χ2n) is 9.06. The highest BCUT2D eigenvalue weighted by atomic mass is 19.4. The number of aliphatic hydroxyl groups is 2. The van der Waals surface area contributed by atoms with Crippen LogP contribution in [0.25, 0.3) is 6.08 Å². The quantitative estimate of drug-likeness (QED) is 0.149. The van der Waals surface area contributed by atoms with E-state index in [1.54, 1.807) is 40.7 Å². The van der Waals surface area contributed by atoms with Gasteiger partial charge in [-0.15, -0.1) is 6.42 Å². The van der Waals surface area contributed by atoms with Crippen molar-refractivity contribution in [3.05, 3.63) is 76.2 Å². The molecule has 1 aliphatic rings. The molecule has 1 aromatic carbocycles. The lowest BCUT2D eigenvalue weighted by molar-refractivity contribution is -0.248. The lowest BCUT2D eigenvalue weighted by Gasteiger charge is -2.42. The SMILES string of the molecule is C#C/C=C(\C=C(\O)COC(C)(C)C(C)(C)OC1(O)C=C1C)C(/N)=C/c1ccc(C(F)(F)F)cc1. The van der Waals surface area contributed by atoms with Crippen LogP contribution in [0.1, 0.15) is 45.7 Å². The zero-order valence-corrected chi connectivity index (χ0v) is 19.8. The largest absolute Gasteiger partial charge is 0.510 e. The number of aliphatic hydroxyl groups excluding tert-OH is 1. The average molecular weight is 478 g/mol. The third-order valence-corrected chi connectivity index (χ3v) is 5.79. The molecule has 0 bridgehead atoms. The molecule has 0 aliphatic heterocycles. The van der Waals surface area contributed by atoms with Crippen molar-refractivity contribution in [1.82, 2.24) is 0 Å². The fourth-order valence-electron chi connectivity index (χ4n) is 2.86. The van der Waals surface area contributed by atoms with Gasteiger partial charge in [0.2, 0.25) is 5.79 Å². The molecule has 0 heterocycles. The first-order valence-corrected chi connectivity index (χ1v) is 10.5. The maximum atomic E-state index is 12.7. The molecule has 0 radical (unpaired) electrons. The third-order valence-electron chi connectivity index (χ3n) is 5.79. The summed E-state index contributed by atoms with van der Waals surface area (Å²) in [6.07, 6.45) is 6.60. The van der Waals surface area contributed by atoms with E-state index in [1.807, 2.05) is 0 Å². The number of allylic oxidation sites excluding steroid dienone is 2. The Hall–Kier alpha value is -2.99. The van der Waals surface area contributed by atoms with E-state index in [0.717, 1.165) is 12.1 Å². The van der Waals surface area contributed by atoms with Crippen LogP contribution in [0.2, 0.25) is 0 Å². The number of halogens is 3. The van der Waals surface area contributed by atoms with Gasteiger partial charge in [0.05, 0.1) is 16.8 Å². The Labute approximate surface area is 198 Å². The van der Waals surface area contributed by atoms with Crippen LogP contribution < -0.4 is 5.73 Å². The molecular weight excluding hydrogens is 447 g/mol. The fraction of sp³-hybridized carbons (Fsp3) is 0.385. The first kappa shape index (κ1) is 27.3. The molecule has 1 unspecified atom stereocenters. The van der Waals surface area contributed by atoms with Crippen molar-refractivity contribution in [3.8, 4) is 12.3 Å². The van der Waals surface area contributed by atoms with Crippen LogP contribution >= 0.6 is 0 Å². The molecule has 0 amide bonds. The molecule has 184 valence electrons. The van der Waals surface area contributed by atoms with E-state index in [-0.39, 0.29) is 23.6 Å². The van der Waals surface area contributed by atoms with Crippen LogP contribution in [0.5, 0.6) is 0 Å². The fourth-order valence-corrected chi connectivity index (χ4v) is 2.86. The van der Waals surface area contributed by atoms with Crippen molar-refractivity contribution in [2.75, 3.05) is 6.61 Å². The molecule has 1 aliphatic carbocycles. The Morgan fingerprint density at radius 1 is 1.15 bits per heavy atom. The Morgan fingerprint density at radius 3 is 2.18 bits per heavy atom. The average Bonchev–Trinajstić information content (AvgIpc) is 3.30. The second-order valence-corrected chi connectivity index (χ2v) is 9.06. The number of ether oxygens (including phenoxy) is 2. The second kappa shape index (κ2) is 9.71. The number of nitrogens with two attached hydrogens (primary N) is 1. The molecule has 34 heavy (non-hydrogen) atoms. The van der Waals surface area contributed by atoms with Crippen molar-refractivity contribution in [2.45, 2.75) is 57.8 Å². The standard InChI is InChI=1S/C26H30F3NO4/c1-7-8-19(22(30)13-18-9-11-20(12-10-18)26(27,28)29)14-21(31)16-33-23(3,4)24(5,6)34-25(32)15-17(25)2/h1,8-15,31-32H,16,30H2,2-6H3/b19-8+,21-14+,22-13-. The number of hydrogen-bond acceptors (Lipinski definition) is 5. The van der Waals surface area contributed by atoms with E-state index in [9.17, 15) is 23.4 Å². The van der Waals surface area contributed by atoms with Gasteiger partial charge in [-0.1, -0.05) is 18.1 Å². The number of alkyl halides is 3. The summed E-state index contributed by atoms with van der Waals surface area (Å²) >= 11 is 0. The van der Waals surface area contributed by atoms with Crippen molar-refractivity contribution < 1.29 is 32.9 Å². The summed E-state index contributed by atoms with van der Waals surface area (Å²) in [5, 5.41) is 20.7. The van der Waals surface area contributed by atoms with Crippen LogP contribution in [0, 0.1) is 12.3 Å². The van der Waals surface area contributed by atoms with Gasteiger partial charge in [0.15, 0.2) is 0 Å². The van der Waals surface area contributed by atoms with E-state index in [4.69, 9.17) is 21.6 Å². The predicted octanol–water partition coefficient (Wildman–Crippen LogP) is 5.25. The van der Waals surface area contributed by atoms with E-state index >= 15 is 0 Å². The monoisotopic (exact) mass is 477 g/mol. The Morgan fingerprint density at radius 2 is 1.71 bits per heavy atom. The summed E-state index contributed by atoms with van der Waals surface area (Å²) in [7, 11) is 0. The molecule has 1 aromatic rings. The first-order valence-electron chi connectivity index (χ1n) is 10.5. The zero-order valence-electron chi connectivity index (χ0n) is 19.8. The van der Waals surface area contributed by atoms with Crippen LogP contribution in [-0.2, 0) is 15.7 Å². The molecule has 1 atom stereocenters. The zero-order chi connectivity index (χ0) is 25.9. The Bertz CT molecular complexity index is 1070. The minimum atomic E-state index is -4.43. The van der Waals surface area contributed by atoms with E-state index in [1.165, 1.54) is 30.4 Å². The Balaban J connectivity index is 2.12.